The Morgan fingerprint density at radius 2 is 1.87 bits per heavy atom. The summed E-state index contributed by atoms with van der Waals surface area (Å²) in [6.07, 6.45) is 1.86. The van der Waals surface area contributed by atoms with Crippen LogP contribution in [0.25, 0.3) is 0 Å². The molecule has 2 N–H and O–H groups in total. The van der Waals surface area contributed by atoms with Crippen molar-refractivity contribution in [3.05, 3.63) is 59.1 Å². The Morgan fingerprint density at radius 1 is 1.17 bits per heavy atom. The van der Waals surface area contributed by atoms with Crippen molar-refractivity contribution in [3.8, 4) is 5.75 Å². The second-order valence-corrected chi connectivity index (χ2v) is 9.15. The average molecular weight is 566 g/mol. The van der Waals surface area contributed by atoms with Crippen LogP contribution < -0.4 is 15.4 Å². The molecular weight excluding hydrogens is 537 g/mol. The molecule has 1 atom stereocenters. The Hall–Kier alpha value is -1.52. The van der Waals surface area contributed by atoms with E-state index in [1.54, 1.807) is 24.3 Å². The molecule has 166 valence electrons. The fraction of sp³-hybridized carbons (Fsp3) is 0.381. The van der Waals surface area contributed by atoms with Crippen molar-refractivity contribution >= 4 is 51.4 Å². The highest BCUT2D eigenvalue weighted by Crippen LogP contribution is 2.18. The van der Waals surface area contributed by atoms with Gasteiger partial charge in [-0.05, 0) is 56.2 Å². The molecule has 9 heteroatoms. The predicted octanol–water partition coefficient (Wildman–Crippen LogP) is 3.93. The van der Waals surface area contributed by atoms with Gasteiger partial charge < -0.3 is 15.4 Å². The number of hydrogen-bond donors (Lipinski definition) is 2. The van der Waals surface area contributed by atoms with Crippen molar-refractivity contribution in [1.82, 2.24) is 10.6 Å². The van der Waals surface area contributed by atoms with Crippen molar-refractivity contribution in [1.29, 1.82) is 0 Å². The Labute approximate surface area is 201 Å². The van der Waals surface area contributed by atoms with E-state index in [4.69, 9.17) is 16.3 Å². The monoisotopic (exact) mass is 565 g/mol. The Morgan fingerprint density at radius 3 is 2.47 bits per heavy atom. The molecule has 0 heterocycles. The SMILES string of the molecule is CCNC(=NCC(C)Oc1cccc(Cl)c1)NCCc1ccc(S(C)(=O)=O)cc1.I. The van der Waals surface area contributed by atoms with Crippen LogP contribution in [-0.2, 0) is 16.3 Å². The third-order valence-electron chi connectivity index (χ3n) is 4.04. The van der Waals surface area contributed by atoms with E-state index < -0.39 is 9.84 Å². The maximum atomic E-state index is 11.5. The van der Waals surface area contributed by atoms with Crippen LogP contribution in [0.1, 0.15) is 19.4 Å². The molecule has 0 aliphatic rings. The molecule has 30 heavy (non-hydrogen) atoms. The minimum atomic E-state index is -3.17. The summed E-state index contributed by atoms with van der Waals surface area (Å²) in [6, 6.07) is 14.2. The quantitative estimate of drug-likeness (QED) is 0.274. The first kappa shape index (κ1) is 26.5. The van der Waals surface area contributed by atoms with E-state index in [0.29, 0.717) is 29.0 Å². The van der Waals surface area contributed by atoms with Crippen LogP contribution in [0.5, 0.6) is 5.75 Å². The Balaban J connectivity index is 0.00000450. The van der Waals surface area contributed by atoms with Crippen LogP contribution in [0, 0.1) is 0 Å². The van der Waals surface area contributed by atoms with Crippen molar-refractivity contribution in [2.45, 2.75) is 31.3 Å². The molecule has 0 aliphatic carbocycles. The van der Waals surface area contributed by atoms with E-state index >= 15 is 0 Å². The molecule has 0 fully saturated rings. The maximum Gasteiger partial charge on any atom is 0.191 e. The predicted molar refractivity (Wildman–Crippen MR) is 134 cm³/mol. The third-order valence-corrected chi connectivity index (χ3v) is 5.41. The van der Waals surface area contributed by atoms with Gasteiger partial charge in [-0.2, -0.15) is 0 Å². The zero-order chi connectivity index (χ0) is 21.3. The minimum Gasteiger partial charge on any atom is -0.489 e. The van der Waals surface area contributed by atoms with Gasteiger partial charge in [0.15, 0.2) is 15.8 Å². The first-order chi connectivity index (χ1) is 13.8. The number of aliphatic imine (C=N–C) groups is 1. The van der Waals surface area contributed by atoms with E-state index in [1.807, 2.05) is 38.1 Å². The lowest BCUT2D eigenvalue weighted by Gasteiger charge is -2.15. The summed E-state index contributed by atoms with van der Waals surface area (Å²) in [4.78, 5) is 4.90. The number of guanidine groups is 1. The van der Waals surface area contributed by atoms with Gasteiger partial charge in [0, 0.05) is 24.4 Å². The van der Waals surface area contributed by atoms with Crippen LogP contribution in [0.2, 0.25) is 5.02 Å². The van der Waals surface area contributed by atoms with E-state index in [0.717, 1.165) is 24.3 Å². The summed E-state index contributed by atoms with van der Waals surface area (Å²) >= 11 is 5.98. The molecule has 6 nitrogen and oxygen atoms in total. The summed E-state index contributed by atoms with van der Waals surface area (Å²) in [5, 5.41) is 7.13. The highest BCUT2D eigenvalue weighted by Gasteiger charge is 2.07. The molecule has 2 rings (SSSR count). The largest absolute Gasteiger partial charge is 0.489 e. The van der Waals surface area contributed by atoms with Gasteiger partial charge in [-0.25, -0.2) is 13.4 Å². The molecule has 0 amide bonds. The smallest absolute Gasteiger partial charge is 0.191 e. The molecular formula is C21H29ClIN3O3S. The minimum absolute atomic E-state index is 0. The van der Waals surface area contributed by atoms with Gasteiger partial charge in [-0.1, -0.05) is 29.8 Å². The van der Waals surface area contributed by atoms with E-state index in [1.165, 1.54) is 6.26 Å². The lowest BCUT2D eigenvalue weighted by Crippen LogP contribution is -2.39. The summed E-state index contributed by atoms with van der Waals surface area (Å²) in [7, 11) is -3.17. The summed E-state index contributed by atoms with van der Waals surface area (Å²) in [5.74, 6) is 1.43. The van der Waals surface area contributed by atoms with Crippen molar-refractivity contribution in [2.24, 2.45) is 4.99 Å². The van der Waals surface area contributed by atoms with Gasteiger partial charge in [-0.15, -0.1) is 24.0 Å². The van der Waals surface area contributed by atoms with Crippen molar-refractivity contribution in [2.75, 3.05) is 25.9 Å². The van der Waals surface area contributed by atoms with Gasteiger partial charge in [0.05, 0.1) is 11.4 Å². The van der Waals surface area contributed by atoms with Crippen molar-refractivity contribution in [3.63, 3.8) is 0 Å². The molecule has 0 saturated heterocycles. The van der Waals surface area contributed by atoms with Crippen molar-refractivity contribution < 1.29 is 13.2 Å². The molecule has 0 aromatic heterocycles. The number of halogens is 2. The Kier molecular flexibility index (Phi) is 11.5. The van der Waals surface area contributed by atoms with Gasteiger partial charge in [-0.3, -0.25) is 0 Å². The number of sulfone groups is 1. The first-order valence-electron chi connectivity index (χ1n) is 9.51. The zero-order valence-corrected chi connectivity index (χ0v) is 21.3. The van der Waals surface area contributed by atoms with E-state index in [-0.39, 0.29) is 30.1 Å². The van der Waals surface area contributed by atoms with Gasteiger partial charge in [0.25, 0.3) is 0 Å². The van der Waals surface area contributed by atoms with Crippen LogP contribution in [0.3, 0.4) is 0 Å². The molecule has 2 aromatic carbocycles. The number of rotatable bonds is 9. The molecule has 0 bridgehead atoms. The third kappa shape index (κ3) is 9.53. The summed E-state index contributed by atoms with van der Waals surface area (Å²) in [5.41, 5.74) is 1.05. The summed E-state index contributed by atoms with van der Waals surface area (Å²) < 4.78 is 28.9. The molecule has 0 aliphatic heterocycles. The van der Waals surface area contributed by atoms with E-state index in [9.17, 15) is 8.42 Å². The molecule has 0 spiro atoms. The van der Waals surface area contributed by atoms with Gasteiger partial charge >= 0.3 is 0 Å². The van der Waals surface area contributed by atoms with Crippen LogP contribution in [0.4, 0.5) is 0 Å². The second kappa shape index (κ2) is 13.0. The van der Waals surface area contributed by atoms with Gasteiger partial charge in [0.1, 0.15) is 11.9 Å². The van der Waals surface area contributed by atoms with Gasteiger partial charge in [0.2, 0.25) is 0 Å². The maximum absolute atomic E-state index is 11.5. The standard InChI is InChI=1S/C21H28ClN3O3S.HI/c1-4-23-21(25-15-16(2)28-19-7-5-6-18(22)14-19)24-13-12-17-8-10-20(11-9-17)29(3,26)27;/h5-11,14,16H,4,12-13,15H2,1-3H3,(H2,23,24,25);1H. The lowest BCUT2D eigenvalue weighted by molar-refractivity contribution is 0.230. The molecule has 0 radical (unpaired) electrons. The molecule has 2 aromatic rings. The number of nitrogens with zero attached hydrogens (tertiary/aromatic N) is 1. The number of nitrogens with one attached hydrogen (secondary N) is 2. The molecule has 1 unspecified atom stereocenters. The fourth-order valence-electron chi connectivity index (χ4n) is 2.60. The second-order valence-electron chi connectivity index (χ2n) is 6.70. The molecule has 0 saturated carbocycles. The fourth-order valence-corrected chi connectivity index (χ4v) is 3.41. The highest BCUT2D eigenvalue weighted by atomic mass is 127. The first-order valence-corrected chi connectivity index (χ1v) is 11.8. The number of hydrogen-bond acceptors (Lipinski definition) is 4. The van der Waals surface area contributed by atoms with Crippen LogP contribution in [-0.4, -0.2) is 46.4 Å². The van der Waals surface area contributed by atoms with Crippen LogP contribution in [0.15, 0.2) is 58.4 Å². The normalized spacial score (nSPS) is 12.6. The topological polar surface area (TPSA) is 79.8 Å². The zero-order valence-electron chi connectivity index (χ0n) is 17.4. The van der Waals surface area contributed by atoms with Crippen LogP contribution >= 0.6 is 35.6 Å². The summed E-state index contributed by atoms with van der Waals surface area (Å²) in [6.45, 7) is 5.88. The van der Waals surface area contributed by atoms with E-state index in [2.05, 4.69) is 15.6 Å². The Bertz CT molecular complexity index is 921. The highest BCUT2D eigenvalue weighted by molar-refractivity contribution is 14.0. The average Bonchev–Trinajstić information content (AvgIpc) is 2.66. The number of ether oxygens (including phenoxy) is 1. The lowest BCUT2D eigenvalue weighted by atomic mass is 10.1. The number of benzene rings is 2.